The van der Waals surface area contributed by atoms with Crippen molar-refractivity contribution < 1.29 is 9.90 Å². The second kappa shape index (κ2) is 5.97. The van der Waals surface area contributed by atoms with Crippen LogP contribution in [0.5, 0.6) is 0 Å². The maximum Gasteiger partial charge on any atom is 0.234 e. The fourth-order valence-corrected chi connectivity index (χ4v) is 3.56. The van der Waals surface area contributed by atoms with Crippen molar-refractivity contribution in [3.05, 3.63) is 29.8 Å². The van der Waals surface area contributed by atoms with E-state index in [0.29, 0.717) is 0 Å². The summed E-state index contributed by atoms with van der Waals surface area (Å²) in [4.78, 5) is 13.6. The molecule has 0 bridgehead atoms. The van der Waals surface area contributed by atoms with Crippen molar-refractivity contribution in [1.29, 1.82) is 0 Å². The minimum absolute atomic E-state index is 0.00389. The number of nitrogens with one attached hydrogen (secondary N) is 1. The smallest absolute Gasteiger partial charge is 0.234 e. The number of hydrogen-bond acceptors (Lipinski definition) is 3. The molecule has 3 nitrogen and oxygen atoms in total. The van der Waals surface area contributed by atoms with E-state index < -0.39 is 5.54 Å². The molecule has 1 unspecified atom stereocenters. The minimum Gasteiger partial charge on any atom is -0.394 e. The summed E-state index contributed by atoms with van der Waals surface area (Å²) in [5.41, 5.74) is 0.780. The molecular weight excluding hydrogens is 258 g/mol. The van der Waals surface area contributed by atoms with Crippen LogP contribution < -0.4 is 5.32 Å². The summed E-state index contributed by atoms with van der Waals surface area (Å²) in [6.07, 6.45) is 2.27. The monoisotopic (exact) mass is 279 g/mol. The van der Waals surface area contributed by atoms with Crippen LogP contribution in [0.3, 0.4) is 0 Å². The highest BCUT2D eigenvalue weighted by atomic mass is 32.2. The van der Waals surface area contributed by atoms with Gasteiger partial charge in [0.1, 0.15) is 0 Å². The van der Waals surface area contributed by atoms with Crippen molar-refractivity contribution in [3.63, 3.8) is 0 Å². The lowest BCUT2D eigenvalue weighted by Gasteiger charge is -2.31. The van der Waals surface area contributed by atoms with Crippen LogP contribution in [-0.4, -0.2) is 28.4 Å². The summed E-state index contributed by atoms with van der Waals surface area (Å²) in [5.74, 6) is 0.0407. The van der Waals surface area contributed by atoms with Gasteiger partial charge in [0.05, 0.1) is 17.4 Å². The first-order valence-electron chi connectivity index (χ1n) is 6.81. The van der Waals surface area contributed by atoms with Crippen molar-refractivity contribution in [1.82, 2.24) is 5.32 Å². The largest absolute Gasteiger partial charge is 0.394 e. The number of amides is 1. The van der Waals surface area contributed by atoms with Gasteiger partial charge < -0.3 is 10.4 Å². The summed E-state index contributed by atoms with van der Waals surface area (Å²) in [6, 6.07) is 8.15. The van der Waals surface area contributed by atoms with E-state index in [9.17, 15) is 9.90 Å². The number of benzene rings is 1. The average Bonchev–Trinajstić information content (AvgIpc) is 2.89. The zero-order valence-electron chi connectivity index (χ0n) is 11.5. The zero-order valence-corrected chi connectivity index (χ0v) is 12.3. The van der Waals surface area contributed by atoms with Crippen LogP contribution in [0.4, 0.5) is 0 Å². The number of fused-ring (bicyclic) bond motifs is 1. The van der Waals surface area contributed by atoms with Gasteiger partial charge in [0.25, 0.3) is 0 Å². The Morgan fingerprint density at radius 3 is 2.68 bits per heavy atom. The van der Waals surface area contributed by atoms with E-state index in [1.807, 2.05) is 26.0 Å². The molecule has 19 heavy (non-hydrogen) atoms. The van der Waals surface area contributed by atoms with Crippen molar-refractivity contribution in [2.45, 2.75) is 48.8 Å². The molecular formula is C15H21NO2S. The maximum absolute atomic E-state index is 12.4. The summed E-state index contributed by atoms with van der Waals surface area (Å²) in [6.45, 7) is 3.99. The van der Waals surface area contributed by atoms with E-state index in [-0.39, 0.29) is 17.8 Å². The van der Waals surface area contributed by atoms with E-state index in [2.05, 4.69) is 17.4 Å². The van der Waals surface area contributed by atoms with Gasteiger partial charge in [-0.3, -0.25) is 4.79 Å². The molecule has 0 fully saturated rings. The number of carbonyl (C=O) groups excluding carboxylic acids is 1. The van der Waals surface area contributed by atoms with Crippen molar-refractivity contribution in [3.8, 4) is 0 Å². The van der Waals surface area contributed by atoms with Crippen LogP contribution >= 0.6 is 11.8 Å². The Kier molecular flexibility index (Phi) is 4.53. The van der Waals surface area contributed by atoms with Gasteiger partial charge in [0.15, 0.2) is 0 Å². The Hall–Kier alpha value is -1.00. The molecule has 1 aromatic carbocycles. The fourth-order valence-electron chi connectivity index (χ4n) is 2.36. The number of carbonyl (C=O) groups is 1. The highest BCUT2D eigenvalue weighted by Gasteiger charge is 2.33. The van der Waals surface area contributed by atoms with Crippen LogP contribution in [0.15, 0.2) is 29.2 Å². The number of aliphatic hydroxyl groups excluding tert-OH is 1. The summed E-state index contributed by atoms with van der Waals surface area (Å²) < 4.78 is 0. The SMILES string of the molecule is CCC(CC)(CO)NC(=O)C1Cc2ccccc2S1. The Labute approximate surface area is 118 Å². The third-order valence-electron chi connectivity index (χ3n) is 3.98. The first-order valence-corrected chi connectivity index (χ1v) is 7.69. The van der Waals surface area contributed by atoms with E-state index >= 15 is 0 Å². The fraction of sp³-hybridized carbons (Fsp3) is 0.533. The van der Waals surface area contributed by atoms with Gasteiger partial charge in [0.2, 0.25) is 5.91 Å². The van der Waals surface area contributed by atoms with Crippen LogP contribution in [0.25, 0.3) is 0 Å². The third kappa shape index (κ3) is 2.95. The van der Waals surface area contributed by atoms with E-state index in [1.165, 1.54) is 10.5 Å². The van der Waals surface area contributed by atoms with Crippen molar-refractivity contribution in [2.75, 3.05) is 6.61 Å². The van der Waals surface area contributed by atoms with Gasteiger partial charge in [-0.2, -0.15) is 0 Å². The Morgan fingerprint density at radius 2 is 2.11 bits per heavy atom. The van der Waals surface area contributed by atoms with Gasteiger partial charge in [-0.1, -0.05) is 32.0 Å². The molecule has 0 aromatic heterocycles. The van der Waals surface area contributed by atoms with Gasteiger partial charge in [-0.05, 0) is 30.9 Å². The molecule has 1 atom stereocenters. The Balaban J connectivity index is 2.03. The molecule has 4 heteroatoms. The normalized spacial score (nSPS) is 18.2. The molecule has 2 N–H and O–H groups in total. The maximum atomic E-state index is 12.4. The van der Waals surface area contributed by atoms with Gasteiger partial charge >= 0.3 is 0 Å². The molecule has 0 saturated carbocycles. The van der Waals surface area contributed by atoms with Crippen molar-refractivity contribution in [2.24, 2.45) is 0 Å². The first-order chi connectivity index (χ1) is 9.14. The Bertz CT molecular complexity index is 424. The molecule has 1 heterocycles. The molecule has 1 aliphatic rings. The lowest BCUT2D eigenvalue weighted by atomic mass is 9.93. The van der Waals surface area contributed by atoms with E-state index in [4.69, 9.17) is 0 Å². The molecule has 0 radical (unpaired) electrons. The molecule has 0 saturated heterocycles. The number of thioether (sulfide) groups is 1. The lowest BCUT2D eigenvalue weighted by molar-refractivity contribution is -0.123. The molecule has 2 rings (SSSR count). The quantitative estimate of drug-likeness (QED) is 0.870. The molecule has 1 amide bonds. The second-order valence-corrected chi connectivity index (χ2v) is 6.30. The van der Waals surface area contributed by atoms with Crippen LogP contribution in [0.2, 0.25) is 0 Å². The minimum atomic E-state index is -0.466. The molecule has 0 aliphatic carbocycles. The van der Waals surface area contributed by atoms with Crippen LogP contribution in [0.1, 0.15) is 32.3 Å². The topological polar surface area (TPSA) is 49.3 Å². The second-order valence-electron chi connectivity index (χ2n) is 5.05. The van der Waals surface area contributed by atoms with Gasteiger partial charge in [-0.25, -0.2) is 0 Å². The number of hydrogen-bond donors (Lipinski definition) is 2. The molecule has 1 aromatic rings. The zero-order chi connectivity index (χ0) is 13.9. The predicted octanol–water partition coefficient (Wildman–Crippen LogP) is 2.37. The van der Waals surface area contributed by atoms with Gasteiger partial charge in [0, 0.05) is 4.90 Å². The van der Waals surface area contributed by atoms with Crippen LogP contribution in [0, 0.1) is 0 Å². The average molecular weight is 279 g/mol. The van der Waals surface area contributed by atoms with E-state index in [0.717, 1.165) is 19.3 Å². The lowest BCUT2D eigenvalue weighted by Crippen LogP contribution is -2.53. The summed E-state index contributed by atoms with van der Waals surface area (Å²) in [5, 5.41) is 12.5. The molecule has 104 valence electrons. The number of aliphatic hydroxyl groups is 1. The van der Waals surface area contributed by atoms with E-state index in [1.54, 1.807) is 11.8 Å². The van der Waals surface area contributed by atoms with Crippen molar-refractivity contribution >= 4 is 17.7 Å². The summed E-state index contributed by atoms with van der Waals surface area (Å²) in [7, 11) is 0. The molecule has 1 aliphatic heterocycles. The summed E-state index contributed by atoms with van der Waals surface area (Å²) >= 11 is 1.62. The number of rotatable bonds is 5. The molecule has 0 spiro atoms. The van der Waals surface area contributed by atoms with Crippen LogP contribution in [-0.2, 0) is 11.2 Å². The van der Waals surface area contributed by atoms with Gasteiger partial charge in [-0.15, -0.1) is 11.8 Å². The standard InChI is InChI=1S/C15H21NO2S/c1-3-15(4-2,10-17)16-14(18)13-9-11-7-5-6-8-12(11)19-13/h5-8,13,17H,3-4,9-10H2,1-2H3,(H,16,18). The Morgan fingerprint density at radius 1 is 1.42 bits per heavy atom. The predicted molar refractivity (Wildman–Crippen MR) is 78.3 cm³/mol. The first kappa shape index (κ1) is 14.4. The third-order valence-corrected chi connectivity index (χ3v) is 5.30. The highest BCUT2D eigenvalue weighted by Crippen LogP contribution is 2.37. The highest BCUT2D eigenvalue weighted by molar-refractivity contribution is 8.01.